The van der Waals surface area contributed by atoms with E-state index in [4.69, 9.17) is 9.15 Å². The van der Waals surface area contributed by atoms with Crippen molar-refractivity contribution < 1.29 is 18.7 Å². The number of nitrogens with zero attached hydrogens (tertiary/aromatic N) is 3. The first kappa shape index (κ1) is 24.2. The predicted molar refractivity (Wildman–Crippen MR) is 133 cm³/mol. The maximum atomic E-state index is 12.8. The van der Waals surface area contributed by atoms with Gasteiger partial charge in [0.05, 0.1) is 24.1 Å². The summed E-state index contributed by atoms with van der Waals surface area (Å²) in [4.78, 5) is 34.1. The van der Waals surface area contributed by atoms with Crippen molar-refractivity contribution >= 4 is 23.2 Å². The zero-order valence-corrected chi connectivity index (χ0v) is 20.4. The smallest absolute Gasteiger partial charge is 0.286 e. The summed E-state index contributed by atoms with van der Waals surface area (Å²) in [6, 6.07) is 14.6. The van der Waals surface area contributed by atoms with Crippen LogP contribution in [-0.4, -0.2) is 34.5 Å². The fourth-order valence-electron chi connectivity index (χ4n) is 3.43. The summed E-state index contributed by atoms with van der Waals surface area (Å²) in [5, 5.41) is 4.84. The molecule has 0 spiro atoms. The molecule has 0 radical (unpaired) electrons. The second-order valence-electron chi connectivity index (χ2n) is 7.70. The molecular formula is C26H26N4O4S. The Morgan fingerprint density at radius 2 is 2.00 bits per heavy atom. The minimum atomic E-state index is -0.350. The van der Waals surface area contributed by atoms with E-state index in [1.807, 2.05) is 48.1 Å². The summed E-state index contributed by atoms with van der Waals surface area (Å²) in [6.45, 7) is 5.41. The van der Waals surface area contributed by atoms with Crippen LogP contribution in [-0.2, 0) is 6.54 Å². The minimum absolute atomic E-state index is 0.260. The van der Waals surface area contributed by atoms with Gasteiger partial charge in [0.2, 0.25) is 0 Å². The van der Waals surface area contributed by atoms with Crippen LogP contribution in [0.1, 0.15) is 40.0 Å². The molecule has 0 aliphatic heterocycles. The Bertz CT molecular complexity index is 1340. The van der Waals surface area contributed by atoms with E-state index in [9.17, 15) is 9.59 Å². The zero-order chi connectivity index (χ0) is 24.6. The van der Waals surface area contributed by atoms with Gasteiger partial charge in [-0.2, -0.15) is 4.99 Å². The van der Waals surface area contributed by atoms with Crippen molar-refractivity contribution in [3.63, 3.8) is 0 Å². The highest BCUT2D eigenvalue weighted by molar-refractivity contribution is 7.07. The summed E-state index contributed by atoms with van der Waals surface area (Å²) < 4.78 is 12.7. The van der Waals surface area contributed by atoms with Crippen LogP contribution in [0, 0.1) is 6.92 Å². The molecule has 180 valence electrons. The SMILES string of the molecule is CCOc1ccc(-c2csc(=NC(=O)c3ccc(C)nc3)n2CCCNC(=O)c2ccco2)cc1. The number of nitrogens with one attached hydrogen (secondary N) is 1. The van der Waals surface area contributed by atoms with E-state index >= 15 is 0 Å². The normalized spacial score (nSPS) is 11.4. The lowest BCUT2D eigenvalue weighted by molar-refractivity contribution is 0.0924. The highest BCUT2D eigenvalue weighted by Crippen LogP contribution is 2.23. The predicted octanol–water partition coefficient (Wildman–Crippen LogP) is 4.47. The molecule has 0 fully saturated rings. The Balaban J connectivity index is 1.57. The number of benzene rings is 1. The van der Waals surface area contributed by atoms with Gasteiger partial charge >= 0.3 is 0 Å². The van der Waals surface area contributed by atoms with Crippen molar-refractivity contribution in [2.75, 3.05) is 13.2 Å². The molecule has 2 amide bonds. The summed E-state index contributed by atoms with van der Waals surface area (Å²) >= 11 is 1.40. The fraction of sp³-hybridized carbons (Fsp3) is 0.231. The number of carbonyl (C=O) groups excluding carboxylic acids is 2. The maximum absolute atomic E-state index is 12.8. The van der Waals surface area contributed by atoms with E-state index in [2.05, 4.69) is 15.3 Å². The third-order valence-corrected chi connectivity index (χ3v) is 6.07. The first-order valence-corrected chi connectivity index (χ1v) is 12.2. The standard InChI is InChI=1S/C26H26N4O4S/c1-3-33-21-11-9-19(10-12-21)22-17-35-26(29-24(31)20-8-7-18(2)28-16-20)30(22)14-5-13-27-25(32)23-6-4-15-34-23/h4,6-12,15-17H,3,5,13-14H2,1-2H3,(H,27,32). The molecule has 4 aromatic rings. The molecule has 3 aromatic heterocycles. The van der Waals surface area contributed by atoms with Crippen molar-refractivity contribution in [2.24, 2.45) is 4.99 Å². The average Bonchev–Trinajstić information content (AvgIpc) is 3.54. The van der Waals surface area contributed by atoms with Crippen molar-refractivity contribution in [2.45, 2.75) is 26.8 Å². The van der Waals surface area contributed by atoms with Gasteiger partial charge in [0, 0.05) is 30.4 Å². The summed E-state index contributed by atoms with van der Waals surface area (Å²) in [5.41, 5.74) is 3.19. The Morgan fingerprint density at radius 1 is 1.17 bits per heavy atom. The second kappa shape index (κ2) is 11.4. The van der Waals surface area contributed by atoms with Gasteiger partial charge in [-0.25, -0.2) is 0 Å². The number of hydrogen-bond donors (Lipinski definition) is 1. The van der Waals surface area contributed by atoms with Crippen molar-refractivity contribution in [3.8, 4) is 17.0 Å². The molecule has 4 rings (SSSR count). The monoisotopic (exact) mass is 490 g/mol. The highest BCUT2D eigenvalue weighted by Gasteiger charge is 2.12. The van der Waals surface area contributed by atoms with Crippen molar-refractivity contribution in [3.05, 3.63) is 88.2 Å². The third kappa shape index (κ3) is 6.13. The van der Waals surface area contributed by atoms with Crippen LogP contribution < -0.4 is 14.9 Å². The molecule has 0 saturated carbocycles. The van der Waals surface area contributed by atoms with Crippen LogP contribution >= 0.6 is 11.3 Å². The van der Waals surface area contributed by atoms with Gasteiger partial charge in [0.15, 0.2) is 10.6 Å². The van der Waals surface area contributed by atoms with E-state index in [1.54, 1.807) is 24.3 Å². The first-order valence-electron chi connectivity index (χ1n) is 11.3. The van der Waals surface area contributed by atoms with Crippen molar-refractivity contribution in [1.82, 2.24) is 14.9 Å². The van der Waals surface area contributed by atoms with Crippen LogP contribution in [0.3, 0.4) is 0 Å². The number of thiazole rings is 1. The molecule has 0 unspecified atom stereocenters. The number of carbonyl (C=O) groups is 2. The van der Waals surface area contributed by atoms with Crippen LogP contribution in [0.25, 0.3) is 11.3 Å². The van der Waals surface area contributed by atoms with Crippen LogP contribution in [0.15, 0.2) is 75.8 Å². The zero-order valence-electron chi connectivity index (χ0n) is 19.6. The van der Waals surface area contributed by atoms with Crippen LogP contribution in [0.5, 0.6) is 5.75 Å². The van der Waals surface area contributed by atoms with Gasteiger partial charge in [0.1, 0.15) is 5.75 Å². The molecule has 0 atom stereocenters. The Hall–Kier alpha value is -3.98. The number of rotatable bonds is 9. The van der Waals surface area contributed by atoms with E-state index in [0.717, 1.165) is 22.7 Å². The van der Waals surface area contributed by atoms with Crippen molar-refractivity contribution in [1.29, 1.82) is 0 Å². The first-order chi connectivity index (χ1) is 17.0. The van der Waals surface area contributed by atoms with Crippen LogP contribution in [0.2, 0.25) is 0 Å². The summed E-state index contributed by atoms with van der Waals surface area (Å²) in [5.74, 6) is 0.461. The number of pyridine rings is 1. The van der Waals surface area contributed by atoms with E-state index in [1.165, 1.54) is 23.8 Å². The molecule has 3 heterocycles. The van der Waals surface area contributed by atoms with E-state index in [-0.39, 0.29) is 17.6 Å². The lowest BCUT2D eigenvalue weighted by Gasteiger charge is -2.10. The summed E-state index contributed by atoms with van der Waals surface area (Å²) in [7, 11) is 0. The number of furan rings is 1. The molecule has 0 aliphatic carbocycles. The second-order valence-corrected chi connectivity index (χ2v) is 8.54. The van der Waals surface area contributed by atoms with Gasteiger partial charge in [-0.15, -0.1) is 11.3 Å². The molecule has 1 aromatic carbocycles. The highest BCUT2D eigenvalue weighted by atomic mass is 32.1. The van der Waals surface area contributed by atoms with Gasteiger partial charge in [-0.05, 0) is 74.4 Å². The Morgan fingerprint density at radius 3 is 2.69 bits per heavy atom. The number of aryl methyl sites for hydroxylation is 1. The molecule has 8 nitrogen and oxygen atoms in total. The summed E-state index contributed by atoms with van der Waals surface area (Å²) in [6.07, 6.45) is 3.64. The Kier molecular flexibility index (Phi) is 7.89. The molecule has 0 bridgehead atoms. The third-order valence-electron chi connectivity index (χ3n) is 5.20. The molecule has 0 aliphatic rings. The number of amides is 2. The minimum Gasteiger partial charge on any atom is -0.494 e. The average molecular weight is 491 g/mol. The topological polar surface area (TPSA) is 98.7 Å². The largest absolute Gasteiger partial charge is 0.494 e. The Labute approximate surface area is 206 Å². The number of hydrogen-bond acceptors (Lipinski definition) is 6. The molecule has 0 saturated heterocycles. The molecule has 9 heteroatoms. The van der Waals surface area contributed by atoms with Crippen LogP contribution in [0.4, 0.5) is 0 Å². The number of ether oxygens (including phenoxy) is 1. The maximum Gasteiger partial charge on any atom is 0.286 e. The molecule has 35 heavy (non-hydrogen) atoms. The van der Waals surface area contributed by atoms with Gasteiger partial charge in [-0.1, -0.05) is 0 Å². The molecule has 1 N–H and O–H groups in total. The fourth-order valence-corrected chi connectivity index (χ4v) is 4.37. The lowest BCUT2D eigenvalue weighted by atomic mass is 10.1. The van der Waals surface area contributed by atoms with Gasteiger partial charge < -0.3 is 19.0 Å². The number of aromatic nitrogens is 2. The van der Waals surface area contributed by atoms with E-state index < -0.39 is 0 Å². The lowest BCUT2D eigenvalue weighted by Crippen LogP contribution is -2.26. The van der Waals surface area contributed by atoms with Gasteiger partial charge in [0.25, 0.3) is 11.8 Å². The van der Waals surface area contributed by atoms with E-state index in [0.29, 0.717) is 36.5 Å². The van der Waals surface area contributed by atoms with Gasteiger partial charge in [-0.3, -0.25) is 14.6 Å². The quantitative estimate of drug-likeness (QED) is 0.349. The molecular weight excluding hydrogens is 464 g/mol.